The van der Waals surface area contributed by atoms with Gasteiger partial charge >= 0.3 is 206 Å². The third-order valence-electron chi connectivity index (χ3n) is 6.38. The predicted molar refractivity (Wildman–Crippen MR) is 138 cm³/mol. The van der Waals surface area contributed by atoms with E-state index < -0.39 is 12.1 Å². The van der Waals surface area contributed by atoms with Gasteiger partial charge in [-0.2, -0.15) is 0 Å². The van der Waals surface area contributed by atoms with Crippen LogP contribution >= 0.6 is 27.3 Å². The Morgan fingerprint density at radius 3 is 2.78 bits per heavy atom. The van der Waals surface area contributed by atoms with Crippen molar-refractivity contribution in [3.05, 3.63) is 44.6 Å². The van der Waals surface area contributed by atoms with Gasteiger partial charge in [0.05, 0.1) is 0 Å². The Labute approximate surface area is 206 Å². The molecule has 0 saturated heterocycles. The Bertz CT molecular complexity index is 786. The summed E-state index contributed by atoms with van der Waals surface area (Å²) in [5, 5.41) is 19.4. The molecule has 1 fully saturated rings. The molecule has 0 aliphatic heterocycles. The van der Waals surface area contributed by atoms with E-state index in [2.05, 4.69) is 54.1 Å². The van der Waals surface area contributed by atoms with Gasteiger partial charge in [-0.05, 0) is 0 Å². The van der Waals surface area contributed by atoms with E-state index in [-0.39, 0.29) is 30.3 Å². The molecule has 0 amide bonds. The summed E-state index contributed by atoms with van der Waals surface area (Å²) < 4.78 is 6.92. The summed E-state index contributed by atoms with van der Waals surface area (Å²) in [6.45, 7) is 4.35. The number of unbranched alkanes of at least 4 members (excludes halogenated alkanes) is 1. The number of hydrogen-bond donors (Lipinski definition) is 2. The first-order valence-corrected chi connectivity index (χ1v) is 12.9. The fourth-order valence-corrected chi connectivity index (χ4v) is 6.05. The summed E-state index contributed by atoms with van der Waals surface area (Å²) in [6, 6.07) is 2.20. The van der Waals surface area contributed by atoms with Crippen LogP contribution in [0.5, 0.6) is 0 Å². The molecule has 32 heavy (non-hydrogen) atoms. The quantitative estimate of drug-likeness (QED) is 0.199. The second-order valence-electron chi connectivity index (χ2n) is 8.74. The van der Waals surface area contributed by atoms with Crippen LogP contribution in [0.2, 0.25) is 0 Å². The van der Waals surface area contributed by atoms with Gasteiger partial charge in [0.15, 0.2) is 0 Å². The number of carbonyl (C=O) groups is 1. The van der Waals surface area contributed by atoms with Crippen molar-refractivity contribution in [2.24, 2.45) is 17.8 Å². The van der Waals surface area contributed by atoms with Crippen LogP contribution < -0.4 is 0 Å². The van der Waals surface area contributed by atoms with Gasteiger partial charge in [0.25, 0.3) is 0 Å². The van der Waals surface area contributed by atoms with E-state index in [4.69, 9.17) is 17.3 Å². The van der Waals surface area contributed by atoms with Gasteiger partial charge < -0.3 is 0 Å². The average Bonchev–Trinajstić information content (AvgIpc) is 3.25. The maximum atomic E-state index is 10.6. The zero-order chi connectivity index (χ0) is 23.7. The summed E-state index contributed by atoms with van der Waals surface area (Å²) >= 11 is 5.42. The van der Waals surface area contributed by atoms with Crippen molar-refractivity contribution in [3.8, 4) is 0 Å². The molecular weight excluding hydrogens is 487 g/mol. The minimum atomic E-state index is -0.764. The van der Waals surface area contributed by atoms with Crippen LogP contribution in [0.4, 0.5) is 0 Å². The molecule has 1 heterocycles. The number of methoxy groups -OCH3 is 1. The van der Waals surface area contributed by atoms with Gasteiger partial charge in [0, 0.05) is 0 Å². The first-order valence-electron chi connectivity index (χ1n) is 11.3. The van der Waals surface area contributed by atoms with E-state index >= 15 is 0 Å². The molecule has 2 N–H and O–H groups in total. The molecule has 0 spiro atoms. The molecule has 2 rings (SSSR count). The number of aliphatic carboxylic acids is 1. The number of hydrogen-bond acceptors (Lipinski definition) is 4. The first kappa shape index (κ1) is 27.2. The third-order valence-corrected chi connectivity index (χ3v) is 8.75. The van der Waals surface area contributed by atoms with Gasteiger partial charge in [-0.15, -0.1) is 0 Å². The summed E-state index contributed by atoms with van der Waals surface area (Å²) in [5.41, 5.74) is 0. The molecule has 7 heteroatoms. The number of ether oxygens (including phenoxy) is 1. The van der Waals surface area contributed by atoms with Crippen LogP contribution in [0.25, 0.3) is 0 Å². The monoisotopic (exact) mass is 521 g/mol. The second kappa shape index (κ2) is 13.6. The number of aliphatic hydroxyl groups excluding tert-OH is 1. The minimum absolute atomic E-state index is 0.00504. The number of allylic oxidation sites excluding steroid dienone is 3. The van der Waals surface area contributed by atoms with Crippen LogP contribution in [0.3, 0.4) is 0 Å². The van der Waals surface area contributed by atoms with Crippen molar-refractivity contribution in [1.82, 2.24) is 0 Å². The van der Waals surface area contributed by atoms with Crippen LogP contribution in [-0.2, 0) is 9.53 Å². The van der Waals surface area contributed by atoms with Crippen LogP contribution in [-0.4, -0.2) is 49.0 Å². The molecule has 1 saturated carbocycles. The number of aryl methyl sites for hydroxylation is 1. The third kappa shape index (κ3) is 8.09. The van der Waals surface area contributed by atoms with E-state index in [1.165, 1.54) is 9.75 Å². The summed E-state index contributed by atoms with van der Waals surface area (Å²) in [6.07, 6.45) is 11.9. The molecule has 1 aromatic heterocycles. The van der Waals surface area contributed by atoms with Gasteiger partial charge in [-0.25, -0.2) is 0 Å². The van der Waals surface area contributed by atoms with Crippen LogP contribution in [0.1, 0.15) is 61.1 Å². The predicted octanol–water partition coefficient (Wildman–Crippen LogP) is 5.67. The van der Waals surface area contributed by atoms with Crippen molar-refractivity contribution in [2.75, 3.05) is 7.11 Å². The molecule has 2 unspecified atom stereocenters. The number of thiophene rings is 1. The Morgan fingerprint density at radius 2 is 2.19 bits per heavy atom. The van der Waals surface area contributed by atoms with E-state index in [9.17, 15) is 9.90 Å². The number of carboxylic acids is 1. The van der Waals surface area contributed by atoms with Gasteiger partial charge in [-0.1, -0.05) is 0 Å². The topological polar surface area (TPSA) is 66.8 Å². The maximum absolute atomic E-state index is 10.6. The van der Waals surface area contributed by atoms with Crippen LogP contribution in [0, 0.1) is 24.7 Å². The number of halogens is 1. The van der Waals surface area contributed by atoms with E-state index in [0.29, 0.717) is 18.8 Å². The van der Waals surface area contributed by atoms with Gasteiger partial charge in [0.1, 0.15) is 0 Å². The summed E-state index contributed by atoms with van der Waals surface area (Å²) in [7, 11) is 7.65. The molecule has 1 aliphatic carbocycles. The van der Waals surface area contributed by atoms with Gasteiger partial charge in [0.2, 0.25) is 0 Å². The van der Waals surface area contributed by atoms with E-state index in [1.807, 2.05) is 17.4 Å². The molecule has 0 aromatic carbocycles. The summed E-state index contributed by atoms with van der Waals surface area (Å²) in [5.74, 6) is 1.72. The summed E-state index contributed by atoms with van der Waals surface area (Å²) in [4.78, 5) is 13.3. The number of aliphatic hydroxyl groups is 1. The van der Waals surface area contributed by atoms with Crippen molar-refractivity contribution in [2.45, 2.75) is 70.5 Å². The first-order chi connectivity index (χ1) is 15.3. The number of rotatable bonds is 13. The fourth-order valence-electron chi connectivity index (χ4n) is 4.43. The number of carboxylic acid groups (broad SMARTS) is 1. The molecule has 0 bridgehead atoms. The Balaban J connectivity index is 1.99. The average molecular weight is 522 g/mol. The molecular formula is C25H35BBrO4S. The second-order valence-corrected chi connectivity index (χ2v) is 10.9. The van der Waals surface area contributed by atoms with Crippen molar-refractivity contribution in [1.29, 1.82) is 0 Å². The van der Waals surface area contributed by atoms with Gasteiger partial charge in [-0.3, -0.25) is 0 Å². The Morgan fingerprint density at radius 1 is 1.44 bits per heavy atom. The normalized spacial score (nSPS) is 25.5. The molecule has 4 nitrogen and oxygen atoms in total. The Kier molecular flexibility index (Phi) is 11.6. The van der Waals surface area contributed by atoms with E-state index in [1.54, 1.807) is 13.1 Å². The van der Waals surface area contributed by atoms with Crippen molar-refractivity contribution >= 4 is 46.7 Å². The molecule has 175 valence electrons. The SMILES string of the molecule is [B]=C[C@@H]1CC(O)[C@H](C/C=C\CCCC(=O)O)[C@H]1/C=C/[C@H](CC(C)c1cc(Br)c(C)s1)OC. The van der Waals surface area contributed by atoms with Crippen molar-refractivity contribution < 1.29 is 19.7 Å². The molecule has 6 atom stereocenters. The Hall–Kier alpha value is -1.02. The molecule has 1 radical (unpaired) electrons. The molecule has 1 aromatic rings. The van der Waals surface area contributed by atoms with E-state index in [0.717, 1.165) is 23.7 Å². The van der Waals surface area contributed by atoms with Crippen molar-refractivity contribution in [3.63, 3.8) is 0 Å². The fraction of sp³-hybridized carbons (Fsp3) is 0.600. The zero-order valence-corrected chi connectivity index (χ0v) is 21.6. The standard InChI is InChI=1S/C25H35BBrO4S/c1-16(24-14-22(27)17(2)32-24)12-19(31-3)10-11-20-18(15-26)13-23(28)21(20)8-6-4-5-7-9-25(29)30/h4,6,10-11,14-16,18-21,23,28H,5,7-9,12-13H2,1-3H3,(H,29,30)/b6-4-,11-10+/t16?,18-,19+,20-,21+,23?/m0/s1. The molecule has 1 aliphatic rings. The zero-order valence-electron chi connectivity index (χ0n) is 19.2. The van der Waals surface area contributed by atoms with Crippen LogP contribution in [0.15, 0.2) is 34.8 Å².